The first-order valence-corrected chi connectivity index (χ1v) is 6.44. The Labute approximate surface area is 114 Å². The van der Waals surface area contributed by atoms with E-state index in [1.807, 2.05) is 0 Å². The molecule has 0 fully saturated rings. The summed E-state index contributed by atoms with van der Waals surface area (Å²) >= 11 is 1.30. The van der Waals surface area contributed by atoms with Crippen LogP contribution in [-0.2, 0) is 0 Å². The van der Waals surface area contributed by atoms with E-state index in [0.29, 0.717) is 10.5 Å². The summed E-state index contributed by atoms with van der Waals surface area (Å²) in [5.41, 5.74) is 0.533. The van der Waals surface area contributed by atoms with Crippen LogP contribution in [0, 0.1) is 10.1 Å². The van der Waals surface area contributed by atoms with Gasteiger partial charge in [-0.25, -0.2) is 0 Å². The van der Waals surface area contributed by atoms with Gasteiger partial charge in [0.1, 0.15) is 0 Å². The van der Waals surface area contributed by atoms with E-state index in [1.165, 1.54) is 17.8 Å². The number of aliphatic hydroxyl groups excluding tert-OH is 1. The van der Waals surface area contributed by atoms with Crippen molar-refractivity contribution in [3.8, 4) is 0 Å². The van der Waals surface area contributed by atoms with Crippen molar-refractivity contribution in [3.05, 3.63) is 58.4 Å². The van der Waals surface area contributed by atoms with Gasteiger partial charge in [0.05, 0.1) is 15.9 Å². The first-order chi connectivity index (χ1) is 9.08. The molecule has 0 aliphatic heterocycles. The molecule has 1 aromatic carbocycles. The fourth-order valence-corrected chi connectivity index (χ4v) is 2.44. The molecule has 0 aliphatic rings. The molecule has 98 valence electrons. The molecule has 0 saturated carbocycles. The molecule has 2 rings (SSSR count). The molecule has 0 unspecified atom stereocenters. The maximum atomic E-state index is 11.1. The minimum Gasteiger partial charge on any atom is -0.389 e. The molecule has 1 atom stereocenters. The summed E-state index contributed by atoms with van der Waals surface area (Å²) in [5, 5.41) is 20.6. The zero-order valence-electron chi connectivity index (χ0n) is 10.2. The summed E-state index contributed by atoms with van der Waals surface area (Å²) in [7, 11) is 0. The van der Waals surface area contributed by atoms with Crippen molar-refractivity contribution in [2.24, 2.45) is 0 Å². The van der Waals surface area contributed by atoms with Crippen molar-refractivity contribution in [2.45, 2.75) is 22.8 Å². The van der Waals surface area contributed by atoms with Crippen molar-refractivity contribution in [3.63, 3.8) is 0 Å². The Balaban J connectivity index is 2.37. The van der Waals surface area contributed by atoms with Gasteiger partial charge in [-0.05, 0) is 30.7 Å². The van der Waals surface area contributed by atoms with Crippen molar-refractivity contribution in [1.82, 2.24) is 4.98 Å². The van der Waals surface area contributed by atoms with Gasteiger partial charge in [-0.15, -0.1) is 0 Å². The van der Waals surface area contributed by atoms with E-state index in [1.54, 1.807) is 43.6 Å². The normalized spacial score (nSPS) is 12.1. The second-order valence-electron chi connectivity index (χ2n) is 3.95. The first-order valence-electron chi connectivity index (χ1n) is 5.62. The Bertz CT molecular complexity index is 588. The highest BCUT2D eigenvalue weighted by Gasteiger charge is 2.17. The monoisotopic (exact) mass is 276 g/mol. The summed E-state index contributed by atoms with van der Waals surface area (Å²) in [6, 6.07) is 8.34. The largest absolute Gasteiger partial charge is 0.389 e. The van der Waals surface area contributed by atoms with Crippen LogP contribution in [0.4, 0.5) is 5.69 Å². The Kier molecular flexibility index (Phi) is 4.13. The van der Waals surface area contributed by atoms with E-state index in [9.17, 15) is 15.2 Å². The SMILES string of the molecule is C[C@@H](O)c1ccc(Sc2ccncc2)c([N+](=O)[O-])c1. The molecule has 0 amide bonds. The molecule has 1 N–H and O–H groups in total. The van der Waals surface area contributed by atoms with Gasteiger partial charge in [-0.3, -0.25) is 15.1 Å². The molecule has 5 nitrogen and oxygen atoms in total. The van der Waals surface area contributed by atoms with Crippen LogP contribution in [0.25, 0.3) is 0 Å². The maximum absolute atomic E-state index is 11.1. The highest BCUT2D eigenvalue weighted by molar-refractivity contribution is 7.99. The van der Waals surface area contributed by atoms with Gasteiger partial charge in [-0.2, -0.15) is 0 Å². The van der Waals surface area contributed by atoms with Crippen LogP contribution in [0.15, 0.2) is 52.5 Å². The van der Waals surface area contributed by atoms with E-state index in [2.05, 4.69) is 4.98 Å². The molecule has 0 saturated heterocycles. The standard InChI is InChI=1S/C13H12N2O3S/c1-9(16)10-2-3-13(12(8-10)15(17)18)19-11-4-6-14-7-5-11/h2-9,16H,1H3/t9-/m1/s1. The molecule has 0 aliphatic carbocycles. The van der Waals surface area contributed by atoms with Crippen LogP contribution in [0.3, 0.4) is 0 Å². The number of aliphatic hydroxyl groups is 1. The minimum absolute atomic E-state index is 0.000197. The predicted molar refractivity (Wildman–Crippen MR) is 72.1 cm³/mol. The lowest BCUT2D eigenvalue weighted by atomic mass is 10.1. The topological polar surface area (TPSA) is 76.3 Å². The molecule has 0 bridgehead atoms. The molecule has 0 radical (unpaired) electrons. The highest BCUT2D eigenvalue weighted by atomic mass is 32.2. The zero-order chi connectivity index (χ0) is 13.8. The van der Waals surface area contributed by atoms with Crippen LogP contribution >= 0.6 is 11.8 Å². The lowest BCUT2D eigenvalue weighted by molar-refractivity contribution is -0.387. The number of nitrogens with zero attached hydrogens (tertiary/aromatic N) is 2. The number of hydrogen-bond donors (Lipinski definition) is 1. The number of nitro benzene ring substituents is 1. The predicted octanol–water partition coefficient (Wildman–Crippen LogP) is 3.19. The number of benzene rings is 1. The van der Waals surface area contributed by atoms with Crippen LogP contribution in [-0.4, -0.2) is 15.0 Å². The summed E-state index contributed by atoms with van der Waals surface area (Å²) in [6.45, 7) is 1.58. The van der Waals surface area contributed by atoms with Gasteiger partial charge in [0.15, 0.2) is 0 Å². The summed E-state index contributed by atoms with van der Waals surface area (Å²) in [4.78, 5) is 16.0. The minimum atomic E-state index is -0.723. The Morgan fingerprint density at radius 2 is 2.00 bits per heavy atom. The number of pyridine rings is 1. The van der Waals surface area contributed by atoms with E-state index in [4.69, 9.17) is 0 Å². The van der Waals surface area contributed by atoms with Gasteiger partial charge < -0.3 is 5.11 Å². The lowest BCUT2D eigenvalue weighted by Crippen LogP contribution is -1.96. The van der Waals surface area contributed by atoms with E-state index in [-0.39, 0.29) is 5.69 Å². The maximum Gasteiger partial charge on any atom is 0.283 e. The third-order valence-electron chi connectivity index (χ3n) is 2.54. The fraction of sp³-hybridized carbons (Fsp3) is 0.154. The second kappa shape index (κ2) is 5.81. The summed E-state index contributed by atoms with van der Waals surface area (Å²) in [5.74, 6) is 0. The van der Waals surface area contributed by atoms with Crippen LogP contribution in [0.2, 0.25) is 0 Å². The molecule has 1 heterocycles. The number of hydrogen-bond acceptors (Lipinski definition) is 5. The molecule has 6 heteroatoms. The van der Waals surface area contributed by atoms with Crippen molar-refractivity contribution >= 4 is 17.4 Å². The van der Waals surface area contributed by atoms with Crippen LogP contribution < -0.4 is 0 Å². The summed E-state index contributed by atoms with van der Waals surface area (Å²) in [6.07, 6.45) is 2.55. The van der Waals surface area contributed by atoms with Crippen molar-refractivity contribution in [1.29, 1.82) is 0 Å². The fourth-order valence-electron chi connectivity index (χ4n) is 1.56. The van der Waals surface area contributed by atoms with Gasteiger partial charge >= 0.3 is 0 Å². The molecular weight excluding hydrogens is 264 g/mol. The quantitative estimate of drug-likeness (QED) is 0.685. The summed E-state index contributed by atoms with van der Waals surface area (Å²) < 4.78 is 0. The number of nitro groups is 1. The first kappa shape index (κ1) is 13.5. The zero-order valence-corrected chi connectivity index (χ0v) is 11.0. The van der Waals surface area contributed by atoms with Crippen LogP contribution in [0.1, 0.15) is 18.6 Å². The smallest absolute Gasteiger partial charge is 0.283 e. The Morgan fingerprint density at radius 1 is 1.32 bits per heavy atom. The molecule has 0 spiro atoms. The Morgan fingerprint density at radius 3 is 2.58 bits per heavy atom. The number of rotatable bonds is 4. The highest BCUT2D eigenvalue weighted by Crippen LogP contribution is 2.35. The van der Waals surface area contributed by atoms with Crippen molar-refractivity contribution < 1.29 is 10.0 Å². The average molecular weight is 276 g/mol. The van der Waals surface area contributed by atoms with Gasteiger partial charge in [0.2, 0.25) is 0 Å². The number of aromatic nitrogens is 1. The van der Waals surface area contributed by atoms with Crippen LogP contribution in [0.5, 0.6) is 0 Å². The average Bonchev–Trinajstić information content (AvgIpc) is 2.39. The molecule has 2 aromatic rings. The lowest BCUT2D eigenvalue weighted by Gasteiger charge is -2.07. The van der Waals surface area contributed by atoms with E-state index < -0.39 is 11.0 Å². The van der Waals surface area contributed by atoms with Gasteiger partial charge in [0.25, 0.3) is 5.69 Å². The Hall–Kier alpha value is -1.92. The van der Waals surface area contributed by atoms with E-state index in [0.717, 1.165) is 4.90 Å². The van der Waals surface area contributed by atoms with E-state index >= 15 is 0 Å². The third kappa shape index (κ3) is 3.30. The molecular formula is C13H12N2O3S. The third-order valence-corrected chi connectivity index (χ3v) is 3.61. The van der Waals surface area contributed by atoms with Crippen molar-refractivity contribution in [2.75, 3.05) is 0 Å². The van der Waals surface area contributed by atoms with Gasteiger partial charge in [-0.1, -0.05) is 17.8 Å². The van der Waals surface area contributed by atoms with Gasteiger partial charge in [0, 0.05) is 23.4 Å². The molecule has 1 aromatic heterocycles. The molecule has 19 heavy (non-hydrogen) atoms. The second-order valence-corrected chi connectivity index (χ2v) is 5.06.